The molecule has 0 aliphatic rings. The van der Waals surface area contributed by atoms with E-state index in [0.29, 0.717) is 11.4 Å². The Kier molecular flexibility index (Phi) is 4.27. The smallest absolute Gasteiger partial charge is 0.245 e. The summed E-state index contributed by atoms with van der Waals surface area (Å²) in [6.45, 7) is 9.81. The third-order valence-corrected chi connectivity index (χ3v) is 2.49. The zero-order chi connectivity index (χ0) is 13.9. The van der Waals surface area contributed by atoms with Gasteiger partial charge in [-0.3, -0.25) is 5.41 Å². The Morgan fingerprint density at radius 1 is 1.22 bits per heavy atom. The molecule has 0 aliphatic carbocycles. The summed E-state index contributed by atoms with van der Waals surface area (Å²) >= 11 is 0. The van der Waals surface area contributed by atoms with E-state index in [0.717, 1.165) is 24.1 Å². The minimum atomic E-state index is -0.391. The highest BCUT2D eigenvalue weighted by Crippen LogP contribution is 2.25. The summed E-state index contributed by atoms with van der Waals surface area (Å²) in [7, 11) is 0. The van der Waals surface area contributed by atoms with Crippen molar-refractivity contribution in [1.29, 1.82) is 5.41 Å². The summed E-state index contributed by atoms with van der Waals surface area (Å²) in [4.78, 5) is 0. The first-order valence-corrected chi connectivity index (χ1v) is 6.22. The molecule has 3 N–H and O–H groups in total. The molecule has 0 radical (unpaired) electrons. The predicted molar refractivity (Wildman–Crippen MR) is 72.2 cm³/mol. The average molecular weight is 250 g/mol. The molecule has 100 valence electrons. The van der Waals surface area contributed by atoms with Crippen LogP contribution in [0.3, 0.4) is 0 Å². The van der Waals surface area contributed by atoms with Gasteiger partial charge in [0.15, 0.2) is 0 Å². The van der Waals surface area contributed by atoms with Crippen molar-refractivity contribution in [3.63, 3.8) is 0 Å². The van der Waals surface area contributed by atoms with E-state index < -0.39 is 5.60 Å². The lowest BCUT2D eigenvalue weighted by Crippen LogP contribution is -2.27. The van der Waals surface area contributed by atoms with Crippen molar-refractivity contribution >= 4 is 5.84 Å². The van der Waals surface area contributed by atoms with Crippen LogP contribution in [0.15, 0.2) is 0 Å². The van der Waals surface area contributed by atoms with E-state index in [1.165, 1.54) is 0 Å². The van der Waals surface area contributed by atoms with Crippen LogP contribution in [-0.2, 0) is 12.8 Å². The fourth-order valence-electron chi connectivity index (χ4n) is 1.79. The zero-order valence-corrected chi connectivity index (χ0v) is 11.8. The van der Waals surface area contributed by atoms with Crippen molar-refractivity contribution in [3.05, 3.63) is 16.8 Å². The minimum Gasteiger partial charge on any atom is -0.470 e. The van der Waals surface area contributed by atoms with Crippen LogP contribution in [0.5, 0.6) is 5.88 Å². The van der Waals surface area contributed by atoms with Crippen molar-refractivity contribution in [3.8, 4) is 5.88 Å². The van der Waals surface area contributed by atoms with Gasteiger partial charge in [0.05, 0.1) is 11.3 Å². The molecule has 1 heterocycles. The molecule has 1 aromatic heterocycles. The Morgan fingerprint density at radius 3 is 2.22 bits per heavy atom. The second-order valence-corrected chi connectivity index (χ2v) is 5.14. The number of amidine groups is 1. The molecule has 5 heteroatoms. The molecule has 18 heavy (non-hydrogen) atoms. The number of nitrogens with two attached hydrogens (primary N) is 1. The number of aromatic nitrogens is 2. The van der Waals surface area contributed by atoms with E-state index in [-0.39, 0.29) is 5.84 Å². The molecule has 5 nitrogen and oxygen atoms in total. The van der Waals surface area contributed by atoms with Crippen LogP contribution in [-0.4, -0.2) is 21.6 Å². The maximum Gasteiger partial charge on any atom is 0.245 e. The lowest BCUT2D eigenvalue weighted by molar-refractivity contribution is 0.122. The van der Waals surface area contributed by atoms with Gasteiger partial charge in [0.1, 0.15) is 11.4 Å². The van der Waals surface area contributed by atoms with E-state index in [4.69, 9.17) is 15.9 Å². The third-order valence-electron chi connectivity index (χ3n) is 2.49. The largest absolute Gasteiger partial charge is 0.470 e. The van der Waals surface area contributed by atoms with Crippen molar-refractivity contribution in [2.45, 2.75) is 53.1 Å². The predicted octanol–water partition coefficient (Wildman–Crippen LogP) is 2.06. The maximum atomic E-state index is 7.73. The van der Waals surface area contributed by atoms with E-state index >= 15 is 0 Å². The molecule has 0 bridgehead atoms. The van der Waals surface area contributed by atoms with Gasteiger partial charge in [-0.05, 0) is 39.2 Å². The number of rotatable bonds is 4. The van der Waals surface area contributed by atoms with Crippen LogP contribution in [0.1, 0.15) is 51.4 Å². The molecular formula is C13H22N4O. The number of nitrogen functional groups attached to an aromatic ring is 1. The highest BCUT2D eigenvalue weighted by Gasteiger charge is 2.22. The average Bonchev–Trinajstić information content (AvgIpc) is 2.25. The normalized spacial score (nSPS) is 11.4. The van der Waals surface area contributed by atoms with Gasteiger partial charge in [0.25, 0.3) is 0 Å². The molecule has 0 aromatic carbocycles. The number of hydrogen-bond acceptors (Lipinski definition) is 4. The van der Waals surface area contributed by atoms with E-state index in [9.17, 15) is 0 Å². The molecule has 0 atom stereocenters. The van der Waals surface area contributed by atoms with Gasteiger partial charge >= 0.3 is 0 Å². The summed E-state index contributed by atoms with van der Waals surface area (Å²) in [6, 6.07) is 0. The molecule has 0 saturated carbocycles. The van der Waals surface area contributed by atoms with Gasteiger partial charge in [-0.25, -0.2) is 0 Å². The summed E-state index contributed by atoms with van der Waals surface area (Å²) < 4.78 is 5.74. The quantitative estimate of drug-likeness (QED) is 0.632. The molecular weight excluding hydrogens is 228 g/mol. The van der Waals surface area contributed by atoms with Crippen molar-refractivity contribution in [2.24, 2.45) is 5.73 Å². The Hall–Kier alpha value is -1.65. The molecule has 0 fully saturated rings. The summed E-state index contributed by atoms with van der Waals surface area (Å²) in [5.74, 6) is 0.333. The minimum absolute atomic E-state index is 0.0179. The Morgan fingerprint density at radius 2 is 1.83 bits per heavy atom. The van der Waals surface area contributed by atoms with Crippen molar-refractivity contribution in [1.82, 2.24) is 10.2 Å². The van der Waals surface area contributed by atoms with Crippen LogP contribution < -0.4 is 10.5 Å². The first-order chi connectivity index (χ1) is 8.30. The molecule has 0 saturated heterocycles. The lowest BCUT2D eigenvalue weighted by Gasteiger charge is -2.23. The molecule has 0 aliphatic heterocycles. The highest BCUT2D eigenvalue weighted by molar-refractivity contribution is 5.98. The second kappa shape index (κ2) is 5.33. The fourth-order valence-corrected chi connectivity index (χ4v) is 1.79. The fraction of sp³-hybridized carbons (Fsp3) is 0.615. The standard InChI is InChI=1S/C13H22N4O/c1-6-8-9(7-2)16-17-12(10(8)11(14)15)18-13(3,4)5/h6-7H2,1-5H3,(H3,14,15). The number of nitrogens with zero attached hydrogens (tertiary/aromatic N) is 2. The van der Waals surface area contributed by atoms with Crippen molar-refractivity contribution < 1.29 is 4.74 Å². The third kappa shape index (κ3) is 3.18. The monoisotopic (exact) mass is 250 g/mol. The SMILES string of the molecule is CCc1nnc(OC(C)(C)C)c(C(=N)N)c1CC. The van der Waals surface area contributed by atoms with E-state index in [1.807, 2.05) is 34.6 Å². The van der Waals surface area contributed by atoms with Crippen molar-refractivity contribution in [2.75, 3.05) is 0 Å². The first-order valence-electron chi connectivity index (χ1n) is 6.22. The van der Waals surface area contributed by atoms with Crippen LogP contribution >= 0.6 is 0 Å². The molecule has 0 unspecified atom stereocenters. The van der Waals surface area contributed by atoms with Crippen LogP contribution in [0, 0.1) is 5.41 Å². The molecule has 1 rings (SSSR count). The maximum absolute atomic E-state index is 7.73. The van der Waals surface area contributed by atoms with Gasteiger partial charge in [0.2, 0.25) is 5.88 Å². The summed E-state index contributed by atoms with van der Waals surface area (Å²) in [5, 5.41) is 16.0. The van der Waals surface area contributed by atoms with Gasteiger partial charge in [-0.15, -0.1) is 5.10 Å². The van der Waals surface area contributed by atoms with E-state index in [2.05, 4.69) is 10.2 Å². The Bertz CT molecular complexity index is 449. The summed E-state index contributed by atoms with van der Waals surface area (Å²) in [5.41, 5.74) is 7.70. The number of ether oxygens (including phenoxy) is 1. The highest BCUT2D eigenvalue weighted by atomic mass is 16.5. The molecule has 0 spiro atoms. The number of hydrogen-bond donors (Lipinski definition) is 2. The van der Waals surface area contributed by atoms with Crippen LogP contribution in [0.4, 0.5) is 0 Å². The van der Waals surface area contributed by atoms with Gasteiger partial charge in [-0.1, -0.05) is 13.8 Å². The Balaban J connectivity index is 3.39. The first kappa shape index (κ1) is 14.4. The number of aryl methyl sites for hydroxylation is 1. The lowest BCUT2D eigenvalue weighted by atomic mass is 10.0. The van der Waals surface area contributed by atoms with E-state index in [1.54, 1.807) is 0 Å². The number of nitrogens with one attached hydrogen (secondary N) is 1. The summed E-state index contributed by atoms with van der Waals surface area (Å²) in [6.07, 6.45) is 1.53. The van der Waals surface area contributed by atoms with Gasteiger partial charge in [0, 0.05) is 0 Å². The second-order valence-electron chi connectivity index (χ2n) is 5.14. The van der Waals surface area contributed by atoms with Gasteiger partial charge in [-0.2, -0.15) is 5.10 Å². The Labute approximate surface area is 108 Å². The topological polar surface area (TPSA) is 84.9 Å². The molecule has 0 amide bonds. The van der Waals surface area contributed by atoms with Gasteiger partial charge < -0.3 is 10.5 Å². The zero-order valence-electron chi connectivity index (χ0n) is 11.8. The van der Waals surface area contributed by atoms with Crippen LogP contribution in [0.25, 0.3) is 0 Å². The molecule has 1 aromatic rings. The van der Waals surface area contributed by atoms with Crippen LogP contribution in [0.2, 0.25) is 0 Å².